The first-order valence-electron chi connectivity index (χ1n) is 12.1. The quantitative estimate of drug-likeness (QED) is 0.295. The van der Waals surface area contributed by atoms with E-state index in [2.05, 4.69) is 12.2 Å². The van der Waals surface area contributed by atoms with Crippen LogP contribution in [-0.4, -0.2) is 30.2 Å². The number of benzene rings is 2. The number of aryl methyl sites for hydroxylation is 2. The lowest BCUT2D eigenvalue weighted by Crippen LogP contribution is -2.33. The Labute approximate surface area is 203 Å². The Morgan fingerprint density at radius 3 is 2.23 bits per heavy atom. The molecular weight excluding hydrogens is 444 g/mol. The molecule has 0 spiro atoms. The third-order valence-electron chi connectivity index (χ3n) is 7.96. The summed E-state index contributed by atoms with van der Waals surface area (Å²) in [6.45, 7) is 4.01. The van der Waals surface area contributed by atoms with E-state index >= 15 is 0 Å². The SMILES string of the molecule is Cc1ccccc1N1C[C@H](C(=O)Oc2ccc(N3C(=O)[C@@H]4[C@@H](C3=O)[C@H]3C=C[C@H]4C3)c(C)c2)CC1=O. The lowest BCUT2D eigenvalue weighted by atomic mass is 9.85. The number of carbonyl (C=O) groups is 4. The van der Waals surface area contributed by atoms with Crippen LogP contribution in [0.3, 0.4) is 0 Å². The minimum atomic E-state index is -0.564. The number of nitrogens with zero attached hydrogens (tertiary/aromatic N) is 2. The maximum atomic E-state index is 13.1. The van der Waals surface area contributed by atoms with Crippen molar-refractivity contribution in [1.82, 2.24) is 0 Å². The van der Waals surface area contributed by atoms with E-state index in [4.69, 9.17) is 4.74 Å². The Hall–Kier alpha value is -3.74. The van der Waals surface area contributed by atoms with Crippen LogP contribution >= 0.6 is 0 Å². The molecule has 3 amide bonds. The van der Waals surface area contributed by atoms with Gasteiger partial charge in [-0.3, -0.25) is 19.2 Å². The number of hydrogen-bond donors (Lipinski definition) is 0. The molecule has 5 atom stereocenters. The highest BCUT2D eigenvalue weighted by atomic mass is 16.5. The van der Waals surface area contributed by atoms with Gasteiger partial charge < -0.3 is 9.64 Å². The second-order valence-corrected chi connectivity index (χ2v) is 10.1. The lowest BCUT2D eigenvalue weighted by Gasteiger charge is -2.20. The lowest BCUT2D eigenvalue weighted by molar-refractivity contribution is -0.139. The van der Waals surface area contributed by atoms with Gasteiger partial charge in [0, 0.05) is 18.7 Å². The summed E-state index contributed by atoms with van der Waals surface area (Å²) in [5.41, 5.74) is 3.00. The summed E-state index contributed by atoms with van der Waals surface area (Å²) >= 11 is 0. The van der Waals surface area contributed by atoms with E-state index in [-0.39, 0.29) is 54.4 Å². The van der Waals surface area contributed by atoms with Crippen LogP contribution in [-0.2, 0) is 19.2 Å². The third-order valence-corrected chi connectivity index (χ3v) is 7.96. The van der Waals surface area contributed by atoms with E-state index in [0.717, 1.165) is 17.7 Å². The summed E-state index contributed by atoms with van der Waals surface area (Å²) in [5.74, 6) is -1.28. The normalized spacial score (nSPS) is 28.9. The number of anilines is 2. The van der Waals surface area contributed by atoms with Crippen LogP contribution in [0.1, 0.15) is 24.0 Å². The third kappa shape index (κ3) is 3.32. The molecule has 3 fully saturated rings. The van der Waals surface area contributed by atoms with Crippen molar-refractivity contribution in [2.24, 2.45) is 29.6 Å². The number of imide groups is 1. The van der Waals surface area contributed by atoms with E-state index in [0.29, 0.717) is 17.0 Å². The monoisotopic (exact) mass is 470 g/mol. The van der Waals surface area contributed by atoms with Gasteiger partial charge in [-0.25, -0.2) is 4.90 Å². The smallest absolute Gasteiger partial charge is 0.316 e. The first-order valence-corrected chi connectivity index (χ1v) is 12.1. The van der Waals surface area contributed by atoms with Gasteiger partial charge in [0.1, 0.15) is 5.75 Å². The van der Waals surface area contributed by atoms with Crippen LogP contribution in [0.5, 0.6) is 5.75 Å². The van der Waals surface area contributed by atoms with E-state index in [1.165, 1.54) is 4.90 Å². The number of esters is 1. The predicted octanol–water partition coefficient (Wildman–Crippen LogP) is 3.57. The topological polar surface area (TPSA) is 84.0 Å². The van der Waals surface area contributed by atoms with E-state index in [1.54, 1.807) is 30.0 Å². The largest absolute Gasteiger partial charge is 0.426 e. The van der Waals surface area contributed by atoms with Crippen LogP contribution < -0.4 is 14.5 Å². The number of fused-ring (bicyclic) bond motifs is 5. The molecule has 0 radical (unpaired) electrons. The molecule has 2 aliphatic heterocycles. The van der Waals surface area contributed by atoms with Crippen molar-refractivity contribution < 1.29 is 23.9 Å². The molecule has 7 heteroatoms. The molecule has 0 aromatic heterocycles. The molecule has 35 heavy (non-hydrogen) atoms. The van der Waals surface area contributed by atoms with Crippen molar-refractivity contribution >= 4 is 35.1 Å². The number of allylic oxidation sites excluding steroid dienone is 2. The Morgan fingerprint density at radius 1 is 0.886 bits per heavy atom. The van der Waals surface area contributed by atoms with Crippen molar-refractivity contribution in [3.05, 3.63) is 65.7 Å². The summed E-state index contributed by atoms with van der Waals surface area (Å²) in [7, 11) is 0. The molecule has 2 aliphatic carbocycles. The van der Waals surface area contributed by atoms with Crippen molar-refractivity contribution in [3.63, 3.8) is 0 Å². The van der Waals surface area contributed by atoms with Gasteiger partial charge in [0.25, 0.3) is 0 Å². The number of ether oxygens (including phenoxy) is 1. The molecule has 7 nitrogen and oxygen atoms in total. The molecule has 178 valence electrons. The number of para-hydroxylation sites is 1. The summed E-state index contributed by atoms with van der Waals surface area (Å²) < 4.78 is 5.62. The van der Waals surface area contributed by atoms with Crippen LogP contribution in [0.15, 0.2) is 54.6 Å². The maximum Gasteiger partial charge on any atom is 0.316 e. The highest BCUT2D eigenvalue weighted by molar-refractivity contribution is 6.23. The van der Waals surface area contributed by atoms with Gasteiger partial charge in [-0.2, -0.15) is 0 Å². The highest BCUT2D eigenvalue weighted by Gasteiger charge is 2.59. The first-order chi connectivity index (χ1) is 16.8. The summed E-state index contributed by atoms with van der Waals surface area (Å²) in [6, 6.07) is 12.5. The summed E-state index contributed by atoms with van der Waals surface area (Å²) in [6.07, 6.45) is 5.13. The Kier molecular flexibility index (Phi) is 4.91. The zero-order chi connectivity index (χ0) is 24.4. The first kappa shape index (κ1) is 21.8. The number of amides is 3. The second-order valence-electron chi connectivity index (χ2n) is 10.1. The molecular formula is C28H26N2O5. The zero-order valence-electron chi connectivity index (χ0n) is 19.6. The average Bonchev–Trinajstić information content (AvgIpc) is 3.59. The fraction of sp³-hybridized carbons (Fsp3) is 0.357. The minimum absolute atomic E-state index is 0.0974. The van der Waals surface area contributed by atoms with Crippen molar-refractivity contribution in [2.75, 3.05) is 16.3 Å². The fourth-order valence-corrected chi connectivity index (χ4v) is 6.25. The fourth-order valence-electron chi connectivity index (χ4n) is 6.25. The van der Waals surface area contributed by atoms with Gasteiger partial charge >= 0.3 is 5.97 Å². The van der Waals surface area contributed by atoms with Gasteiger partial charge in [-0.15, -0.1) is 0 Å². The Balaban J connectivity index is 1.16. The van der Waals surface area contributed by atoms with Gasteiger partial charge in [-0.05, 0) is 67.5 Å². The zero-order valence-corrected chi connectivity index (χ0v) is 19.6. The second kappa shape index (κ2) is 7.90. The Morgan fingerprint density at radius 2 is 1.57 bits per heavy atom. The molecule has 2 aromatic rings. The number of rotatable bonds is 4. The van der Waals surface area contributed by atoms with Gasteiger partial charge in [0.15, 0.2) is 0 Å². The Bertz CT molecular complexity index is 1280. The van der Waals surface area contributed by atoms with Crippen molar-refractivity contribution in [2.45, 2.75) is 26.7 Å². The van der Waals surface area contributed by atoms with Crippen molar-refractivity contribution in [1.29, 1.82) is 0 Å². The molecule has 2 heterocycles. The van der Waals surface area contributed by atoms with Crippen molar-refractivity contribution in [3.8, 4) is 5.75 Å². The van der Waals surface area contributed by atoms with Gasteiger partial charge in [0.05, 0.1) is 23.4 Å². The molecule has 2 saturated heterocycles. The molecule has 2 bridgehead atoms. The molecule has 4 aliphatic rings. The summed E-state index contributed by atoms with van der Waals surface area (Å²) in [4.78, 5) is 54.7. The molecule has 0 N–H and O–H groups in total. The predicted molar refractivity (Wildman–Crippen MR) is 129 cm³/mol. The summed E-state index contributed by atoms with van der Waals surface area (Å²) in [5, 5.41) is 0. The van der Waals surface area contributed by atoms with Crippen LogP contribution in [0.25, 0.3) is 0 Å². The van der Waals surface area contributed by atoms with Crippen LogP contribution in [0, 0.1) is 43.4 Å². The van der Waals surface area contributed by atoms with E-state index < -0.39 is 11.9 Å². The molecule has 6 rings (SSSR count). The molecule has 1 saturated carbocycles. The van der Waals surface area contributed by atoms with Crippen LogP contribution in [0.4, 0.5) is 11.4 Å². The maximum absolute atomic E-state index is 13.1. The molecule has 2 aromatic carbocycles. The van der Waals surface area contributed by atoms with Gasteiger partial charge in [0.2, 0.25) is 17.7 Å². The van der Waals surface area contributed by atoms with Crippen LogP contribution in [0.2, 0.25) is 0 Å². The number of hydrogen-bond acceptors (Lipinski definition) is 5. The highest BCUT2D eigenvalue weighted by Crippen LogP contribution is 2.53. The minimum Gasteiger partial charge on any atom is -0.426 e. The average molecular weight is 471 g/mol. The van der Waals surface area contributed by atoms with Gasteiger partial charge in [-0.1, -0.05) is 30.4 Å². The standard InChI is InChI=1S/C28H26N2O5/c1-15-5-3-4-6-21(15)29-14-19(13-23(29)31)28(34)35-20-9-10-22(16(2)11-20)30-26(32)24-17-7-8-18(12-17)25(24)27(30)33/h3-11,17-19,24-25H,12-14H2,1-2H3/t17-,18-,19+,24-,25-/m0/s1. The van der Waals surface area contributed by atoms with E-state index in [1.807, 2.05) is 31.2 Å². The van der Waals surface area contributed by atoms with E-state index in [9.17, 15) is 19.2 Å². The number of carbonyl (C=O) groups excluding carboxylic acids is 4. The molecule has 0 unspecified atom stereocenters.